The number of hydrogen-bond acceptors (Lipinski definition) is 3. The Hall–Kier alpha value is -2.38. The molecule has 4 heteroatoms. The number of hydrogen-bond donors (Lipinski definition) is 1. The summed E-state index contributed by atoms with van der Waals surface area (Å²) in [6.45, 7) is 4.29. The predicted octanol–water partition coefficient (Wildman–Crippen LogP) is 3.91. The fourth-order valence-corrected chi connectivity index (χ4v) is 2.31. The van der Waals surface area contributed by atoms with Gasteiger partial charge in [-0.1, -0.05) is 6.07 Å². The summed E-state index contributed by atoms with van der Waals surface area (Å²) >= 11 is 0. The van der Waals surface area contributed by atoms with E-state index in [9.17, 15) is 9.50 Å². The molecule has 2 aromatic rings. The molecule has 0 saturated carbocycles. The second-order valence-electron chi connectivity index (χ2n) is 4.78. The highest BCUT2D eigenvalue weighted by molar-refractivity contribution is 5.68. The Morgan fingerprint density at radius 3 is 2.43 bits per heavy atom. The summed E-state index contributed by atoms with van der Waals surface area (Å²) in [5.74, 6) is -0.295. The fourth-order valence-electron chi connectivity index (χ4n) is 2.31. The highest BCUT2D eigenvalue weighted by atomic mass is 19.1. The van der Waals surface area contributed by atoms with Crippen molar-refractivity contribution in [3.05, 3.63) is 59.4 Å². The number of aliphatic hydroxyl groups is 1. The maximum absolute atomic E-state index is 13.1. The summed E-state index contributed by atoms with van der Waals surface area (Å²) < 4.78 is 13.1. The Bertz CT molecular complexity index is 659. The molecule has 0 fully saturated rings. The Kier molecular flexibility index (Phi) is 4.56. The molecule has 0 spiro atoms. The van der Waals surface area contributed by atoms with Crippen molar-refractivity contribution in [2.45, 2.75) is 20.0 Å². The maximum atomic E-state index is 13.1. The molecule has 0 aliphatic rings. The highest BCUT2D eigenvalue weighted by Crippen LogP contribution is 2.32. The first-order valence-electron chi connectivity index (χ1n) is 6.82. The smallest absolute Gasteiger partial charge is 0.123 e. The number of aliphatic hydroxyl groups excluding tert-OH is 1. The summed E-state index contributed by atoms with van der Waals surface area (Å²) in [5, 5.41) is 19.0. The van der Waals surface area contributed by atoms with Gasteiger partial charge in [0.2, 0.25) is 0 Å². The largest absolute Gasteiger partial charge is 0.389 e. The van der Waals surface area contributed by atoms with E-state index in [-0.39, 0.29) is 5.82 Å². The topological polar surface area (TPSA) is 47.3 Å². The van der Waals surface area contributed by atoms with Crippen molar-refractivity contribution < 1.29 is 9.50 Å². The van der Waals surface area contributed by atoms with Crippen LogP contribution in [0.15, 0.2) is 42.5 Å². The summed E-state index contributed by atoms with van der Waals surface area (Å²) in [6.07, 6.45) is -0.651. The van der Waals surface area contributed by atoms with Crippen molar-refractivity contribution in [1.82, 2.24) is 0 Å². The molecule has 0 radical (unpaired) electrons. The first-order chi connectivity index (χ1) is 10.1. The molecular weight excluding hydrogens is 267 g/mol. The van der Waals surface area contributed by atoms with Gasteiger partial charge in [-0.15, -0.1) is 0 Å². The average molecular weight is 284 g/mol. The van der Waals surface area contributed by atoms with Crippen LogP contribution in [0.4, 0.5) is 15.8 Å². The van der Waals surface area contributed by atoms with Gasteiger partial charge in [-0.25, -0.2) is 4.39 Å². The van der Waals surface area contributed by atoms with Crippen LogP contribution < -0.4 is 4.90 Å². The molecule has 0 unspecified atom stereocenters. The Labute approximate surface area is 123 Å². The molecule has 2 rings (SSSR count). The van der Waals surface area contributed by atoms with Crippen LogP contribution in [0.2, 0.25) is 0 Å². The highest BCUT2D eigenvalue weighted by Gasteiger charge is 2.16. The van der Waals surface area contributed by atoms with E-state index in [2.05, 4.69) is 6.07 Å². The zero-order chi connectivity index (χ0) is 15.4. The molecule has 0 amide bonds. The van der Waals surface area contributed by atoms with Crippen LogP contribution in [0.3, 0.4) is 0 Å². The van der Waals surface area contributed by atoms with Gasteiger partial charge < -0.3 is 10.0 Å². The summed E-state index contributed by atoms with van der Waals surface area (Å²) in [7, 11) is 0. The van der Waals surface area contributed by atoms with Crippen LogP contribution in [-0.2, 0) is 0 Å². The van der Waals surface area contributed by atoms with E-state index in [4.69, 9.17) is 5.26 Å². The van der Waals surface area contributed by atoms with Gasteiger partial charge in [-0.2, -0.15) is 5.26 Å². The number of benzene rings is 2. The van der Waals surface area contributed by atoms with Crippen LogP contribution >= 0.6 is 0 Å². The fraction of sp³-hybridized carbons (Fsp3) is 0.235. The van der Waals surface area contributed by atoms with Gasteiger partial charge in [0.15, 0.2) is 0 Å². The van der Waals surface area contributed by atoms with Gasteiger partial charge in [0, 0.05) is 23.5 Å². The molecule has 0 heterocycles. The van der Waals surface area contributed by atoms with Crippen molar-refractivity contribution in [2.75, 3.05) is 11.4 Å². The summed E-state index contributed by atoms with van der Waals surface area (Å²) in [4.78, 5) is 1.95. The zero-order valence-electron chi connectivity index (χ0n) is 12.0. The van der Waals surface area contributed by atoms with Gasteiger partial charge in [-0.05, 0) is 50.2 Å². The molecule has 1 atom stereocenters. The molecule has 2 aromatic carbocycles. The molecule has 3 nitrogen and oxygen atoms in total. The van der Waals surface area contributed by atoms with Crippen molar-refractivity contribution >= 4 is 11.4 Å². The lowest BCUT2D eigenvalue weighted by Gasteiger charge is -2.27. The molecule has 0 aliphatic carbocycles. The van der Waals surface area contributed by atoms with E-state index in [0.29, 0.717) is 12.1 Å². The van der Waals surface area contributed by atoms with E-state index < -0.39 is 6.10 Å². The molecular formula is C17H17FN2O. The third-order valence-electron chi connectivity index (χ3n) is 3.35. The normalized spacial score (nSPS) is 11.8. The molecule has 0 aromatic heterocycles. The standard InChI is InChI=1S/C17H17FN2O/c1-3-20(15-7-5-14(18)6-8-15)17-10-13(11-19)4-9-16(17)12(2)21/h4-10,12,21H,3H2,1-2H3/t12-/m1/s1. The third-order valence-corrected chi connectivity index (χ3v) is 3.35. The first-order valence-corrected chi connectivity index (χ1v) is 6.82. The molecule has 1 N–H and O–H groups in total. The molecule has 0 bridgehead atoms. The summed E-state index contributed by atoms with van der Waals surface area (Å²) in [5.41, 5.74) is 2.84. The number of nitrogens with zero attached hydrogens (tertiary/aromatic N) is 2. The van der Waals surface area contributed by atoms with Gasteiger partial charge in [0.05, 0.1) is 17.7 Å². The Balaban J connectivity index is 2.55. The Morgan fingerprint density at radius 2 is 1.90 bits per heavy atom. The van der Waals surface area contributed by atoms with E-state index in [1.54, 1.807) is 37.3 Å². The second kappa shape index (κ2) is 6.38. The third kappa shape index (κ3) is 3.21. The second-order valence-corrected chi connectivity index (χ2v) is 4.78. The minimum absolute atomic E-state index is 0.295. The van der Waals surface area contributed by atoms with Crippen LogP contribution in [0, 0.1) is 17.1 Å². The zero-order valence-corrected chi connectivity index (χ0v) is 12.0. The molecule has 0 saturated heterocycles. The van der Waals surface area contributed by atoms with E-state index in [1.807, 2.05) is 11.8 Å². The molecule has 0 aliphatic heterocycles. The summed E-state index contributed by atoms with van der Waals surface area (Å²) in [6, 6.07) is 13.5. The van der Waals surface area contributed by atoms with Gasteiger partial charge in [0.1, 0.15) is 5.82 Å². The lowest BCUT2D eigenvalue weighted by molar-refractivity contribution is 0.200. The van der Waals surface area contributed by atoms with Crippen LogP contribution in [0.1, 0.15) is 31.1 Å². The van der Waals surface area contributed by atoms with Crippen molar-refractivity contribution in [3.63, 3.8) is 0 Å². The van der Waals surface area contributed by atoms with Crippen molar-refractivity contribution in [1.29, 1.82) is 5.26 Å². The van der Waals surface area contributed by atoms with Gasteiger partial charge in [0.25, 0.3) is 0 Å². The molecule has 108 valence electrons. The van der Waals surface area contributed by atoms with E-state index >= 15 is 0 Å². The van der Waals surface area contributed by atoms with E-state index in [0.717, 1.165) is 16.9 Å². The number of halogens is 1. The quantitative estimate of drug-likeness (QED) is 0.926. The van der Waals surface area contributed by atoms with Crippen molar-refractivity contribution in [3.8, 4) is 6.07 Å². The van der Waals surface area contributed by atoms with Gasteiger partial charge in [-0.3, -0.25) is 0 Å². The lowest BCUT2D eigenvalue weighted by atomic mass is 10.0. The van der Waals surface area contributed by atoms with Crippen molar-refractivity contribution in [2.24, 2.45) is 0 Å². The lowest BCUT2D eigenvalue weighted by Crippen LogP contribution is -2.18. The minimum Gasteiger partial charge on any atom is -0.389 e. The van der Waals surface area contributed by atoms with Crippen LogP contribution in [0.25, 0.3) is 0 Å². The molecule has 21 heavy (non-hydrogen) atoms. The van der Waals surface area contributed by atoms with E-state index in [1.165, 1.54) is 12.1 Å². The Morgan fingerprint density at radius 1 is 1.24 bits per heavy atom. The number of rotatable bonds is 4. The SMILES string of the molecule is CCN(c1ccc(F)cc1)c1cc(C#N)ccc1[C@@H](C)O. The average Bonchev–Trinajstić information content (AvgIpc) is 2.49. The van der Waals surface area contributed by atoms with Gasteiger partial charge >= 0.3 is 0 Å². The monoisotopic (exact) mass is 284 g/mol. The predicted molar refractivity (Wildman–Crippen MR) is 80.9 cm³/mol. The van der Waals surface area contributed by atoms with Crippen LogP contribution in [-0.4, -0.2) is 11.7 Å². The number of nitriles is 1. The minimum atomic E-state index is -0.651. The van der Waals surface area contributed by atoms with Crippen LogP contribution in [0.5, 0.6) is 0 Å². The first kappa shape index (κ1) is 15.0. The maximum Gasteiger partial charge on any atom is 0.123 e. The number of anilines is 2.